The lowest BCUT2D eigenvalue weighted by molar-refractivity contribution is 0.340. The molecule has 0 radical (unpaired) electrons. The first-order chi connectivity index (χ1) is 8.74. The number of halogens is 1. The van der Waals surface area contributed by atoms with Gasteiger partial charge in [0.25, 0.3) is 0 Å². The molecule has 0 unspecified atom stereocenters. The Morgan fingerprint density at radius 2 is 2.28 bits per heavy atom. The van der Waals surface area contributed by atoms with E-state index in [0.29, 0.717) is 23.6 Å². The second-order valence-electron chi connectivity index (χ2n) is 4.56. The molecule has 0 aliphatic carbocycles. The lowest BCUT2D eigenvalue weighted by Gasteiger charge is -2.07. The third-order valence-electron chi connectivity index (χ3n) is 3.23. The van der Waals surface area contributed by atoms with Crippen molar-refractivity contribution in [3.05, 3.63) is 28.7 Å². The van der Waals surface area contributed by atoms with E-state index >= 15 is 0 Å². The van der Waals surface area contributed by atoms with E-state index in [1.165, 1.54) is 0 Å². The molecule has 94 valence electrons. The third-order valence-corrected chi connectivity index (χ3v) is 3.70. The van der Waals surface area contributed by atoms with Gasteiger partial charge in [-0.2, -0.15) is 4.98 Å². The van der Waals surface area contributed by atoms with Gasteiger partial charge in [-0.25, -0.2) is 0 Å². The molecule has 5 nitrogen and oxygen atoms in total. The number of hydrogen-bond donors (Lipinski definition) is 1. The van der Waals surface area contributed by atoms with E-state index in [4.69, 9.17) is 4.52 Å². The van der Waals surface area contributed by atoms with Gasteiger partial charge in [0.1, 0.15) is 5.69 Å². The number of hydrogen-bond acceptors (Lipinski definition) is 5. The van der Waals surface area contributed by atoms with Crippen LogP contribution in [0.5, 0.6) is 0 Å². The minimum atomic E-state index is 0.307. The van der Waals surface area contributed by atoms with Crippen LogP contribution in [0, 0.1) is 5.92 Å². The summed E-state index contributed by atoms with van der Waals surface area (Å²) in [5.41, 5.74) is 0.729. The standard InChI is InChI=1S/C12H13BrN4O/c1-7-4-14-6-9(7)12-16-11(17-18-12)10-3-2-8(13)5-15-10/h2-3,5,7,9,14H,4,6H2,1H3/t7-,9-/m1/s1. The predicted molar refractivity (Wildman–Crippen MR) is 70.0 cm³/mol. The lowest BCUT2D eigenvalue weighted by atomic mass is 9.98. The largest absolute Gasteiger partial charge is 0.339 e. The zero-order valence-electron chi connectivity index (χ0n) is 9.93. The van der Waals surface area contributed by atoms with Gasteiger partial charge in [0, 0.05) is 17.2 Å². The van der Waals surface area contributed by atoms with Crippen LogP contribution in [0.1, 0.15) is 18.7 Å². The van der Waals surface area contributed by atoms with Gasteiger partial charge in [0.2, 0.25) is 11.7 Å². The molecule has 3 heterocycles. The van der Waals surface area contributed by atoms with Crippen molar-refractivity contribution >= 4 is 15.9 Å². The fourth-order valence-electron chi connectivity index (χ4n) is 2.14. The van der Waals surface area contributed by atoms with Crippen molar-refractivity contribution in [2.45, 2.75) is 12.8 Å². The van der Waals surface area contributed by atoms with Crippen LogP contribution in [-0.4, -0.2) is 28.2 Å². The van der Waals surface area contributed by atoms with Crippen LogP contribution in [-0.2, 0) is 0 Å². The highest BCUT2D eigenvalue weighted by Crippen LogP contribution is 2.27. The Balaban J connectivity index is 1.87. The molecule has 2 aromatic rings. The first-order valence-corrected chi connectivity index (χ1v) is 6.69. The first kappa shape index (κ1) is 11.8. The van der Waals surface area contributed by atoms with E-state index in [1.54, 1.807) is 6.20 Å². The minimum absolute atomic E-state index is 0.307. The average Bonchev–Trinajstić information content (AvgIpc) is 2.98. The summed E-state index contributed by atoms with van der Waals surface area (Å²) in [5, 5.41) is 7.33. The quantitative estimate of drug-likeness (QED) is 0.921. The van der Waals surface area contributed by atoms with Gasteiger partial charge < -0.3 is 9.84 Å². The molecular formula is C12H13BrN4O. The van der Waals surface area contributed by atoms with Gasteiger partial charge in [0.15, 0.2) is 0 Å². The van der Waals surface area contributed by atoms with Crippen LogP contribution in [0.25, 0.3) is 11.5 Å². The van der Waals surface area contributed by atoms with Gasteiger partial charge in [-0.05, 0) is 40.5 Å². The van der Waals surface area contributed by atoms with Crippen LogP contribution in [0.3, 0.4) is 0 Å². The maximum absolute atomic E-state index is 5.35. The highest BCUT2D eigenvalue weighted by atomic mass is 79.9. The predicted octanol–water partition coefficient (Wildman–Crippen LogP) is 2.22. The molecule has 18 heavy (non-hydrogen) atoms. The molecule has 0 amide bonds. The van der Waals surface area contributed by atoms with E-state index in [1.807, 2.05) is 12.1 Å². The summed E-state index contributed by atoms with van der Waals surface area (Å²) < 4.78 is 6.28. The topological polar surface area (TPSA) is 63.8 Å². The van der Waals surface area contributed by atoms with Crippen LogP contribution in [0.15, 0.2) is 27.3 Å². The van der Waals surface area contributed by atoms with Gasteiger partial charge in [-0.15, -0.1) is 0 Å². The Morgan fingerprint density at radius 1 is 1.39 bits per heavy atom. The Morgan fingerprint density at radius 3 is 2.94 bits per heavy atom. The number of pyridine rings is 1. The number of nitrogens with zero attached hydrogens (tertiary/aromatic N) is 3. The molecule has 3 rings (SSSR count). The molecule has 1 fully saturated rings. The molecule has 2 atom stereocenters. The van der Waals surface area contributed by atoms with Gasteiger partial charge >= 0.3 is 0 Å². The minimum Gasteiger partial charge on any atom is -0.339 e. The van der Waals surface area contributed by atoms with Crippen LogP contribution in [0.4, 0.5) is 0 Å². The number of aromatic nitrogens is 3. The van der Waals surface area contributed by atoms with Crippen LogP contribution >= 0.6 is 15.9 Å². The zero-order valence-corrected chi connectivity index (χ0v) is 11.5. The maximum Gasteiger partial charge on any atom is 0.231 e. The summed E-state index contributed by atoms with van der Waals surface area (Å²) in [6.07, 6.45) is 1.73. The first-order valence-electron chi connectivity index (χ1n) is 5.90. The number of nitrogens with one attached hydrogen (secondary N) is 1. The van der Waals surface area contributed by atoms with E-state index in [2.05, 4.69) is 43.3 Å². The van der Waals surface area contributed by atoms with Crippen molar-refractivity contribution in [3.8, 4) is 11.5 Å². The summed E-state index contributed by atoms with van der Waals surface area (Å²) in [5.74, 6) is 2.08. The van der Waals surface area contributed by atoms with Crippen molar-refractivity contribution in [1.29, 1.82) is 0 Å². The maximum atomic E-state index is 5.35. The van der Waals surface area contributed by atoms with Crippen molar-refractivity contribution in [1.82, 2.24) is 20.4 Å². The Bertz CT molecular complexity index is 539. The van der Waals surface area contributed by atoms with Gasteiger partial charge in [-0.3, -0.25) is 4.98 Å². The molecule has 2 aromatic heterocycles. The molecule has 0 spiro atoms. The highest BCUT2D eigenvalue weighted by Gasteiger charge is 2.29. The summed E-state index contributed by atoms with van der Waals surface area (Å²) in [6.45, 7) is 4.09. The van der Waals surface area contributed by atoms with Crippen molar-refractivity contribution in [2.75, 3.05) is 13.1 Å². The molecule has 0 saturated carbocycles. The number of rotatable bonds is 2. The SMILES string of the molecule is C[C@@H]1CNC[C@H]1c1nc(-c2ccc(Br)cn2)no1. The van der Waals surface area contributed by atoms with Gasteiger partial charge in [0.05, 0.1) is 5.92 Å². The molecule has 1 saturated heterocycles. The molecule has 1 N–H and O–H groups in total. The molecule has 0 bridgehead atoms. The smallest absolute Gasteiger partial charge is 0.231 e. The van der Waals surface area contributed by atoms with E-state index in [0.717, 1.165) is 23.3 Å². The lowest BCUT2D eigenvalue weighted by Crippen LogP contribution is -2.08. The Hall–Kier alpha value is -1.27. The van der Waals surface area contributed by atoms with Crippen LogP contribution < -0.4 is 5.32 Å². The van der Waals surface area contributed by atoms with Crippen molar-refractivity contribution < 1.29 is 4.52 Å². The van der Waals surface area contributed by atoms with Gasteiger partial charge in [-0.1, -0.05) is 12.1 Å². The second-order valence-corrected chi connectivity index (χ2v) is 5.48. The summed E-state index contributed by atoms with van der Waals surface area (Å²) in [7, 11) is 0. The highest BCUT2D eigenvalue weighted by molar-refractivity contribution is 9.10. The van der Waals surface area contributed by atoms with E-state index in [9.17, 15) is 0 Å². The monoisotopic (exact) mass is 308 g/mol. The fraction of sp³-hybridized carbons (Fsp3) is 0.417. The Labute approximate surface area is 113 Å². The molecule has 6 heteroatoms. The zero-order chi connectivity index (χ0) is 12.5. The van der Waals surface area contributed by atoms with Crippen LogP contribution in [0.2, 0.25) is 0 Å². The molecular weight excluding hydrogens is 296 g/mol. The molecule has 0 aromatic carbocycles. The van der Waals surface area contributed by atoms with E-state index < -0.39 is 0 Å². The third kappa shape index (κ3) is 2.18. The van der Waals surface area contributed by atoms with Crippen molar-refractivity contribution in [2.24, 2.45) is 5.92 Å². The normalized spacial score (nSPS) is 23.4. The Kier molecular flexibility index (Phi) is 3.13. The summed E-state index contributed by atoms with van der Waals surface area (Å²) in [6, 6.07) is 3.78. The van der Waals surface area contributed by atoms with E-state index in [-0.39, 0.29) is 0 Å². The summed E-state index contributed by atoms with van der Waals surface area (Å²) >= 11 is 3.35. The molecule has 1 aliphatic rings. The average molecular weight is 309 g/mol. The summed E-state index contributed by atoms with van der Waals surface area (Å²) in [4.78, 5) is 8.71. The molecule has 1 aliphatic heterocycles. The second kappa shape index (κ2) is 4.78. The fourth-order valence-corrected chi connectivity index (χ4v) is 2.37. The van der Waals surface area contributed by atoms with Crippen molar-refractivity contribution in [3.63, 3.8) is 0 Å².